The molecule has 1 aliphatic heterocycles. The molecule has 2 heterocycles. The van der Waals surface area contributed by atoms with E-state index >= 15 is 0 Å². The summed E-state index contributed by atoms with van der Waals surface area (Å²) in [6.07, 6.45) is -0.0277. The average Bonchev–Trinajstić information content (AvgIpc) is 2.46. The molecule has 1 amide bonds. The largest absolute Gasteiger partial charge is 0.481 e. The van der Waals surface area contributed by atoms with Crippen LogP contribution in [0.3, 0.4) is 0 Å². The van der Waals surface area contributed by atoms with Gasteiger partial charge in [0.2, 0.25) is 0 Å². The zero-order valence-electron chi connectivity index (χ0n) is 12.0. The molecular weight excluding hydrogens is 276 g/mol. The Hall–Kier alpha value is -2.22. The summed E-state index contributed by atoms with van der Waals surface area (Å²) < 4.78 is 5.31. The van der Waals surface area contributed by atoms with Crippen LogP contribution in [0.2, 0.25) is 0 Å². The Morgan fingerprint density at radius 1 is 1.43 bits per heavy atom. The first kappa shape index (κ1) is 15.2. The SMILES string of the molecule is CN(C)C(=O)c1ccc(N2CCOCC2CC(=O)O)nn1. The van der Waals surface area contributed by atoms with Gasteiger partial charge < -0.3 is 19.6 Å². The van der Waals surface area contributed by atoms with Gasteiger partial charge in [-0.25, -0.2) is 0 Å². The van der Waals surface area contributed by atoms with Crippen molar-refractivity contribution in [1.29, 1.82) is 0 Å². The lowest BCUT2D eigenvalue weighted by atomic mass is 10.1. The number of nitrogens with zero attached hydrogens (tertiary/aromatic N) is 4. The van der Waals surface area contributed by atoms with Gasteiger partial charge in [0, 0.05) is 20.6 Å². The van der Waals surface area contributed by atoms with Crippen molar-refractivity contribution in [3.63, 3.8) is 0 Å². The summed E-state index contributed by atoms with van der Waals surface area (Å²) >= 11 is 0. The molecule has 0 radical (unpaired) electrons. The smallest absolute Gasteiger partial charge is 0.305 e. The van der Waals surface area contributed by atoms with Crippen LogP contribution in [0.5, 0.6) is 0 Å². The van der Waals surface area contributed by atoms with Crippen molar-refractivity contribution < 1.29 is 19.4 Å². The fourth-order valence-corrected chi connectivity index (χ4v) is 2.15. The minimum atomic E-state index is -0.886. The fraction of sp³-hybridized carbons (Fsp3) is 0.538. The number of rotatable bonds is 4. The van der Waals surface area contributed by atoms with Crippen LogP contribution in [0.4, 0.5) is 5.82 Å². The monoisotopic (exact) mass is 294 g/mol. The molecule has 1 fully saturated rings. The van der Waals surface area contributed by atoms with E-state index in [0.29, 0.717) is 25.6 Å². The van der Waals surface area contributed by atoms with Crippen LogP contribution in [-0.4, -0.2) is 72.0 Å². The average molecular weight is 294 g/mol. The first-order chi connectivity index (χ1) is 9.99. The number of ether oxygens (including phenoxy) is 1. The van der Waals surface area contributed by atoms with Crippen molar-refractivity contribution in [1.82, 2.24) is 15.1 Å². The number of hydrogen-bond donors (Lipinski definition) is 1. The van der Waals surface area contributed by atoms with Gasteiger partial charge in [-0.2, -0.15) is 0 Å². The number of carbonyl (C=O) groups excluding carboxylic acids is 1. The normalized spacial score (nSPS) is 18.4. The van der Waals surface area contributed by atoms with Gasteiger partial charge in [0.25, 0.3) is 5.91 Å². The molecular formula is C13H18N4O4. The predicted octanol–water partition coefficient (Wildman–Crippen LogP) is -0.142. The lowest BCUT2D eigenvalue weighted by Crippen LogP contribution is -2.47. The van der Waals surface area contributed by atoms with E-state index in [4.69, 9.17) is 9.84 Å². The number of morpholine rings is 1. The zero-order valence-corrected chi connectivity index (χ0v) is 12.0. The third-order valence-electron chi connectivity index (χ3n) is 3.21. The molecule has 114 valence electrons. The number of amides is 1. The summed E-state index contributed by atoms with van der Waals surface area (Å²) in [4.78, 5) is 25.9. The van der Waals surface area contributed by atoms with Crippen molar-refractivity contribution in [3.8, 4) is 0 Å². The minimum Gasteiger partial charge on any atom is -0.481 e. The van der Waals surface area contributed by atoms with Crippen LogP contribution in [0, 0.1) is 0 Å². The molecule has 2 rings (SSSR count). The second-order valence-corrected chi connectivity index (χ2v) is 5.00. The number of hydrogen-bond acceptors (Lipinski definition) is 6. The van der Waals surface area contributed by atoms with Crippen LogP contribution in [0.1, 0.15) is 16.9 Å². The molecule has 1 N–H and O–H groups in total. The molecule has 1 aromatic heterocycles. The third-order valence-corrected chi connectivity index (χ3v) is 3.21. The maximum Gasteiger partial charge on any atom is 0.305 e. The molecule has 0 aromatic carbocycles. The van der Waals surface area contributed by atoms with E-state index in [2.05, 4.69) is 10.2 Å². The molecule has 0 bridgehead atoms. The molecule has 21 heavy (non-hydrogen) atoms. The van der Waals surface area contributed by atoms with Gasteiger partial charge in [-0.3, -0.25) is 9.59 Å². The number of aliphatic carboxylic acids is 1. The van der Waals surface area contributed by atoms with Crippen LogP contribution in [0.15, 0.2) is 12.1 Å². The Balaban J connectivity index is 2.15. The molecule has 0 saturated carbocycles. The molecule has 0 spiro atoms. The summed E-state index contributed by atoms with van der Waals surface area (Å²) in [5, 5.41) is 16.9. The van der Waals surface area contributed by atoms with Crippen LogP contribution < -0.4 is 4.90 Å². The molecule has 1 aromatic rings. The Morgan fingerprint density at radius 3 is 2.76 bits per heavy atom. The lowest BCUT2D eigenvalue weighted by Gasteiger charge is -2.35. The lowest BCUT2D eigenvalue weighted by molar-refractivity contribution is -0.138. The number of carbonyl (C=O) groups is 2. The van der Waals surface area contributed by atoms with Crippen LogP contribution >= 0.6 is 0 Å². The van der Waals surface area contributed by atoms with Crippen molar-refractivity contribution in [3.05, 3.63) is 17.8 Å². The second kappa shape index (κ2) is 6.49. The topological polar surface area (TPSA) is 95.9 Å². The highest BCUT2D eigenvalue weighted by atomic mass is 16.5. The number of anilines is 1. The number of carboxylic acids is 1. The predicted molar refractivity (Wildman–Crippen MR) is 74.3 cm³/mol. The van der Waals surface area contributed by atoms with Crippen LogP contribution in [-0.2, 0) is 9.53 Å². The van der Waals surface area contributed by atoms with E-state index in [1.165, 1.54) is 4.90 Å². The van der Waals surface area contributed by atoms with E-state index in [0.717, 1.165) is 0 Å². The first-order valence-electron chi connectivity index (χ1n) is 6.60. The van der Waals surface area contributed by atoms with Gasteiger partial charge in [-0.05, 0) is 12.1 Å². The van der Waals surface area contributed by atoms with Gasteiger partial charge >= 0.3 is 5.97 Å². The standard InChI is InChI=1S/C13H18N4O4/c1-16(2)13(20)10-3-4-11(15-14-10)17-5-6-21-8-9(17)7-12(18)19/h3-4,9H,5-8H2,1-2H3,(H,18,19). The highest BCUT2D eigenvalue weighted by Gasteiger charge is 2.26. The quantitative estimate of drug-likeness (QED) is 0.825. The first-order valence-corrected chi connectivity index (χ1v) is 6.60. The number of carboxylic acid groups (broad SMARTS) is 1. The Bertz CT molecular complexity index is 517. The highest BCUT2D eigenvalue weighted by molar-refractivity contribution is 5.91. The molecule has 1 aliphatic rings. The van der Waals surface area contributed by atoms with Gasteiger partial charge in [-0.1, -0.05) is 0 Å². The van der Waals surface area contributed by atoms with E-state index in [-0.39, 0.29) is 24.1 Å². The minimum absolute atomic E-state index is 0.0277. The van der Waals surface area contributed by atoms with Gasteiger partial charge in [0.1, 0.15) is 0 Å². The van der Waals surface area contributed by atoms with Gasteiger partial charge in [0.15, 0.2) is 11.5 Å². The molecule has 1 unspecified atom stereocenters. The Morgan fingerprint density at radius 2 is 2.19 bits per heavy atom. The zero-order chi connectivity index (χ0) is 15.4. The molecule has 8 nitrogen and oxygen atoms in total. The van der Waals surface area contributed by atoms with Gasteiger partial charge in [0.05, 0.1) is 25.7 Å². The molecule has 1 atom stereocenters. The third kappa shape index (κ3) is 3.66. The summed E-state index contributed by atoms with van der Waals surface area (Å²) in [5.41, 5.74) is 0.256. The Labute approximate surface area is 122 Å². The number of aromatic nitrogens is 2. The van der Waals surface area contributed by atoms with Crippen LogP contribution in [0.25, 0.3) is 0 Å². The fourth-order valence-electron chi connectivity index (χ4n) is 2.15. The van der Waals surface area contributed by atoms with E-state index in [1.54, 1.807) is 26.2 Å². The van der Waals surface area contributed by atoms with Crippen molar-refractivity contribution >= 4 is 17.7 Å². The van der Waals surface area contributed by atoms with Crippen molar-refractivity contribution in [2.75, 3.05) is 38.8 Å². The van der Waals surface area contributed by atoms with Crippen molar-refractivity contribution in [2.45, 2.75) is 12.5 Å². The van der Waals surface area contributed by atoms with E-state index in [1.807, 2.05) is 4.90 Å². The summed E-state index contributed by atoms with van der Waals surface area (Å²) in [6, 6.07) is 3.00. The molecule has 0 aliphatic carbocycles. The summed E-state index contributed by atoms with van der Waals surface area (Å²) in [5.74, 6) is -0.555. The van der Waals surface area contributed by atoms with Crippen molar-refractivity contribution in [2.24, 2.45) is 0 Å². The second-order valence-electron chi connectivity index (χ2n) is 5.00. The van der Waals surface area contributed by atoms with Gasteiger partial charge in [-0.15, -0.1) is 10.2 Å². The maximum absolute atomic E-state index is 11.8. The molecule has 8 heteroatoms. The summed E-state index contributed by atoms with van der Waals surface area (Å²) in [6.45, 7) is 1.40. The van der Waals surface area contributed by atoms with E-state index in [9.17, 15) is 9.59 Å². The Kier molecular flexibility index (Phi) is 4.69. The molecule has 1 saturated heterocycles. The summed E-state index contributed by atoms with van der Waals surface area (Å²) in [7, 11) is 3.28. The van der Waals surface area contributed by atoms with E-state index < -0.39 is 5.97 Å². The maximum atomic E-state index is 11.8. The highest BCUT2D eigenvalue weighted by Crippen LogP contribution is 2.19.